The topological polar surface area (TPSA) is 63.6 Å². The van der Waals surface area contributed by atoms with E-state index in [2.05, 4.69) is 0 Å². The molecule has 4 nitrogen and oxygen atoms in total. The van der Waals surface area contributed by atoms with Crippen molar-refractivity contribution in [2.45, 2.75) is 32.1 Å². The second-order valence-corrected chi connectivity index (χ2v) is 3.74. The molecule has 0 saturated carbocycles. The third-order valence-electron chi connectivity index (χ3n) is 2.25. The Labute approximate surface area is 100 Å². The average Bonchev–Trinajstić information content (AvgIpc) is 2.29. The summed E-state index contributed by atoms with van der Waals surface area (Å²) in [7, 11) is 0. The Morgan fingerprint density at radius 1 is 1.00 bits per heavy atom. The summed E-state index contributed by atoms with van der Waals surface area (Å²) in [6.45, 7) is 0. The lowest BCUT2D eigenvalue weighted by Gasteiger charge is -2.03. The number of carboxylic acid groups (broad SMARTS) is 1. The monoisotopic (exact) mass is 236 g/mol. The lowest BCUT2D eigenvalue weighted by atomic mass is 10.1. The van der Waals surface area contributed by atoms with Crippen LogP contribution in [0.25, 0.3) is 0 Å². The molecule has 0 heterocycles. The van der Waals surface area contributed by atoms with Crippen LogP contribution in [0.1, 0.15) is 32.1 Å². The molecule has 17 heavy (non-hydrogen) atoms. The van der Waals surface area contributed by atoms with E-state index in [1.165, 1.54) is 0 Å². The van der Waals surface area contributed by atoms with E-state index in [-0.39, 0.29) is 12.4 Å². The number of aliphatic carboxylic acids is 1. The predicted molar refractivity (Wildman–Crippen MR) is 62.8 cm³/mol. The first-order valence-corrected chi connectivity index (χ1v) is 5.66. The molecule has 0 bridgehead atoms. The van der Waals surface area contributed by atoms with Crippen LogP contribution in [0.15, 0.2) is 30.3 Å². The van der Waals surface area contributed by atoms with Crippen molar-refractivity contribution >= 4 is 11.9 Å². The van der Waals surface area contributed by atoms with Crippen LogP contribution in [0.2, 0.25) is 0 Å². The third kappa shape index (κ3) is 6.35. The second-order valence-electron chi connectivity index (χ2n) is 3.74. The van der Waals surface area contributed by atoms with Gasteiger partial charge in [-0.05, 0) is 25.0 Å². The van der Waals surface area contributed by atoms with Gasteiger partial charge in [0, 0.05) is 12.8 Å². The molecule has 1 rings (SSSR count). The molecule has 0 atom stereocenters. The first-order chi connectivity index (χ1) is 8.18. The fourth-order valence-corrected chi connectivity index (χ4v) is 1.39. The van der Waals surface area contributed by atoms with Gasteiger partial charge in [-0.1, -0.05) is 24.6 Å². The molecule has 1 aromatic rings. The van der Waals surface area contributed by atoms with Crippen LogP contribution in [-0.2, 0) is 9.59 Å². The minimum absolute atomic E-state index is 0.160. The highest BCUT2D eigenvalue weighted by Crippen LogP contribution is 2.11. The van der Waals surface area contributed by atoms with Crippen LogP contribution < -0.4 is 4.74 Å². The van der Waals surface area contributed by atoms with Gasteiger partial charge in [-0.15, -0.1) is 0 Å². The quantitative estimate of drug-likeness (QED) is 0.449. The number of para-hydroxylation sites is 1. The summed E-state index contributed by atoms with van der Waals surface area (Å²) >= 11 is 0. The smallest absolute Gasteiger partial charge is 0.311 e. The van der Waals surface area contributed by atoms with Gasteiger partial charge < -0.3 is 9.84 Å². The Kier molecular flexibility index (Phi) is 5.79. The number of unbranched alkanes of at least 4 members (excludes halogenated alkanes) is 2. The normalized spacial score (nSPS) is 9.88. The molecule has 0 radical (unpaired) electrons. The van der Waals surface area contributed by atoms with Gasteiger partial charge in [0.25, 0.3) is 0 Å². The van der Waals surface area contributed by atoms with E-state index in [9.17, 15) is 9.59 Å². The van der Waals surface area contributed by atoms with Gasteiger partial charge in [-0.2, -0.15) is 0 Å². The van der Waals surface area contributed by atoms with E-state index in [0.29, 0.717) is 25.0 Å². The number of carboxylic acids is 1. The van der Waals surface area contributed by atoms with Crippen LogP contribution in [0.5, 0.6) is 5.75 Å². The highest BCUT2D eigenvalue weighted by molar-refractivity contribution is 5.72. The molecule has 0 aliphatic heterocycles. The lowest BCUT2D eigenvalue weighted by molar-refractivity contribution is -0.137. The number of carbonyl (C=O) groups excluding carboxylic acids is 1. The van der Waals surface area contributed by atoms with Crippen molar-refractivity contribution in [3.63, 3.8) is 0 Å². The molecule has 0 amide bonds. The molecule has 92 valence electrons. The highest BCUT2D eigenvalue weighted by atomic mass is 16.5. The van der Waals surface area contributed by atoms with E-state index in [0.717, 1.165) is 6.42 Å². The second kappa shape index (κ2) is 7.44. The predicted octanol–water partition coefficient (Wildman–Crippen LogP) is 2.63. The molecule has 0 unspecified atom stereocenters. The SMILES string of the molecule is O=C(O)CCCCCC(=O)Oc1ccccc1. The Bertz CT molecular complexity index is 359. The Hall–Kier alpha value is -1.84. The number of hydrogen-bond donors (Lipinski definition) is 1. The summed E-state index contributed by atoms with van der Waals surface area (Å²) in [4.78, 5) is 21.6. The van der Waals surface area contributed by atoms with Crippen molar-refractivity contribution in [3.05, 3.63) is 30.3 Å². The summed E-state index contributed by atoms with van der Waals surface area (Å²) in [6, 6.07) is 8.90. The van der Waals surface area contributed by atoms with Gasteiger partial charge in [-0.25, -0.2) is 0 Å². The molecule has 1 N–H and O–H groups in total. The van der Waals surface area contributed by atoms with Crippen molar-refractivity contribution in [2.24, 2.45) is 0 Å². The van der Waals surface area contributed by atoms with Gasteiger partial charge in [0.15, 0.2) is 0 Å². The maximum atomic E-state index is 11.4. The van der Waals surface area contributed by atoms with Gasteiger partial charge in [0.05, 0.1) is 0 Å². The summed E-state index contributed by atoms with van der Waals surface area (Å²) in [6.07, 6.45) is 2.49. The molecule has 0 fully saturated rings. The minimum atomic E-state index is -0.795. The summed E-state index contributed by atoms with van der Waals surface area (Å²) < 4.78 is 5.09. The van der Waals surface area contributed by atoms with Crippen molar-refractivity contribution in [3.8, 4) is 5.75 Å². The fraction of sp³-hybridized carbons (Fsp3) is 0.385. The van der Waals surface area contributed by atoms with Crippen molar-refractivity contribution in [1.29, 1.82) is 0 Å². The molecule has 1 aromatic carbocycles. The summed E-state index contributed by atoms with van der Waals surface area (Å²) in [5, 5.41) is 8.43. The first-order valence-electron chi connectivity index (χ1n) is 5.66. The van der Waals surface area contributed by atoms with Crippen molar-refractivity contribution in [2.75, 3.05) is 0 Å². The maximum absolute atomic E-state index is 11.4. The van der Waals surface area contributed by atoms with Crippen LogP contribution >= 0.6 is 0 Å². The van der Waals surface area contributed by atoms with E-state index in [4.69, 9.17) is 9.84 Å². The summed E-state index contributed by atoms with van der Waals surface area (Å²) in [5.41, 5.74) is 0. The minimum Gasteiger partial charge on any atom is -0.481 e. The number of benzene rings is 1. The molecular formula is C13H16O4. The number of hydrogen-bond acceptors (Lipinski definition) is 3. The van der Waals surface area contributed by atoms with Crippen molar-refractivity contribution in [1.82, 2.24) is 0 Å². The largest absolute Gasteiger partial charge is 0.481 e. The summed E-state index contributed by atoms with van der Waals surface area (Å²) in [5.74, 6) is -0.522. The molecule has 4 heteroatoms. The van der Waals surface area contributed by atoms with Gasteiger partial charge >= 0.3 is 11.9 Å². The molecule has 0 aromatic heterocycles. The molecule has 0 aliphatic carbocycles. The lowest BCUT2D eigenvalue weighted by Crippen LogP contribution is -2.07. The van der Waals surface area contributed by atoms with Gasteiger partial charge in [0.2, 0.25) is 0 Å². The zero-order chi connectivity index (χ0) is 12.5. The zero-order valence-corrected chi connectivity index (χ0v) is 9.59. The van der Waals surface area contributed by atoms with Crippen LogP contribution in [0.3, 0.4) is 0 Å². The molecule has 0 saturated heterocycles. The van der Waals surface area contributed by atoms with Crippen molar-refractivity contribution < 1.29 is 19.4 Å². The number of rotatable bonds is 7. The Morgan fingerprint density at radius 3 is 2.29 bits per heavy atom. The zero-order valence-electron chi connectivity index (χ0n) is 9.59. The van der Waals surface area contributed by atoms with E-state index in [1.54, 1.807) is 24.3 Å². The van der Waals surface area contributed by atoms with Crippen LogP contribution in [0.4, 0.5) is 0 Å². The van der Waals surface area contributed by atoms with E-state index >= 15 is 0 Å². The Balaban J connectivity index is 2.12. The molecule has 0 spiro atoms. The van der Waals surface area contributed by atoms with Gasteiger partial charge in [-0.3, -0.25) is 9.59 Å². The van der Waals surface area contributed by atoms with E-state index < -0.39 is 5.97 Å². The van der Waals surface area contributed by atoms with Crippen LogP contribution in [-0.4, -0.2) is 17.0 Å². The number of carbonyl (C=O) groups is 2. The van der Waals surface area contributed by atoms with Crippen LogP contribution in [0, 0.1) is 0 Å². The maximum Gasteiger partial charge on any atom is 0.311 e. The average molecular weight is 236 g/mol. The standard InChI is InChI=1S/C13H16O4/c14-12(15)9-5-2-6-10-13(16)17-11-7-3-1-4-8-11/h1,3-4,7-8H,2,5-6,9-10H2,(H,14,15). The number of esters is 1. The van der Waals surface area contributed by atoms with Gasteiger partial charge in [0.1, 0.15) is 5.75 Å². The van der Waals surface area contributed by atoms with E-state index in [1.807, 2.05) is 6.07 Å². The third-order valence-corrected chi connectivity index (χ3v) is 2.25. The highest BCUT2D eigenvalue weighted by Gasteiger charge is 2.04. The molecular weight excluding hydrogens is 220 g/mol. The fourth-order valence-electron chi connectivity index (χ4n) is 1.39. The Morgan fingerprint density at radius 2 is 1.65 bits per heavy atom. The number of ether oxygens (including phenoxy) is 1. The molecule has 0 aliphatic rings. The first kappa shape index (κ1) is 13.2.